The first-order chi connectivity index (χ1) is 14.8. The molecule has 2 aromatic rings. The average molecular weight is 457 g/mol. The molecule has 1 fully saturated rings. The number of nitrogens with zero attached hydrogens (tertiary/aromatic N) is 4. The lowest BCUT2D eigenvalue weighted by Crippen LogP contribution is -2.41. The number of aliphatic imine (C=N–C) groups is 1. The smallest absolute Gasteiger partial charge is 0.307 e. The predicted molar refractivity (Wildman–Crippen MR) is 126 cm³/mol. The Bertz CT molecular complexity index is 1190. The minimum atomic E-state index is -4.66. The molecule has 1 aliphatic heterocycles. The van der Waals surface area contributed by atoms with Crippen LogP contribution in [0, 0.1) is 18.3 Å². The third-order valence-electron chi connectivity index (χ3n) is 5.80. The molecular formula is C24H23F3N4S. The van der Waals surface area contributed by atoms with E-state index in [4.69, 9.17) is 17.5 Å². The van der Waals surface area contributed by atoms with Crippen molar-refractivity contribution in [3.63, 3.8) is 0 Å². The van der Waals surface area contributed by atoms with Gasteiger partial charge in [-0.25, -0.2) is 0 Å². The van der Waals surface area contributed by atoms with Gasteiger partial charge in [0.25, 0.3) is 0 Å². The third-order valence-corrected chi connectivity index (χ3v) is 6.16. The van der Waals surface area contributed by atoms with Gasteiger partial charge in [-0.2, -0.15) is 18.4 Å². The van der Waals surface area contributed by atoms with Crippen molar-refractivity contribution in [2.75, 3.05) is 16.8 Å². The predicted octanol–water partition coefficient (Wildman–Crippen LogP) is 6.23. The summed E-state index contributed by atoms with van der Waals surface area (Å²) in [5, 5.41) is 9.41. The van der Waals surface area contributed by atoms with Gasteiger partial charge >= 0.3 is 6.18 Å². The molecule has 1 saturated heterocycles. The van der Waals surface area contributed by atoms with E-state index in [9.17, 15) is 13.2 Å². The van der Waals surface area contributed by atoms with Gasteiger partial charge < -0.3 is 4.90 Å². The minimum Gasteiger partial charge on any atom is -0.307 e. The van der Waals surface area contributed by atoms with E-state index in [1.165, 1.54) is 11.0 Å². The Morgan fingerprint density at radius 1 is 1.16 bits per heavy atom. The maximum absolute atomic E-state index is 13.5. The first-order valence-corrected chi connectivity index (χ1v) is 10.2. The molecule has 0 spiro atoms. The molecule has 0 unspecified atom stereocenters. The second-order valence-electron chi connectivity index (χ2n) is 8.11. The molecule has 0 aliphatic carbocycles. The molecule has 166 valence electrons. The van der Waals surface area contributed by atoms with E-state index < -0.39 is 22.8 Å². The number of thiocarbonyl (C=S) groups is 1. The normalized spacial score (nSPS) is 16.5. The molecule has 0 radical (unpaired) electrons. The standard InChI is InChI=1S/C24H23F3N4S/c1-14-11-19(9-10-20(14)15(2)29-6)31-22(32)30(16(3)23(31,4)5)18-8-7-17(13-28)21(12-18)24(25,26)27/h7-12H,3H2,1-2,4-6H3. The summed E-state index contributed by atoms with van der Waals surface area (Å²) in [5.74, 6) is 0. The van der Waals surface area contributed by atoms with Crippen molar-refractivity contribution < 1.29 is 13.2 Å². The summed E-state index contributed by atoms with van der Waals surface area (Å²) in [6.07, 6.45) is -4.66. The van der Waals surface area contributed by atoms with E-state index in [1.807, 2.05) is 50.8 Å². The van der Waals surface area contributed by atoms with Crippen LogP contribution in [0.2, 0.25) is 0 Å². The SMILES string of the molecule is C=C1N(c2ccc(C#N)c(C(F)(F)F)c2)C(=S)N(c2ccc(C(C)=NC)c(C)c2)C1(C)C. The maximum Gasteiger partial charge on any atom is 0.417 e. The molecule has 1 heterocycles. The number of alkyl halides is 3. The number of halogens is 3. The summed E-state index contributed by atoms with van der Waals surface area (Å²) in [4.78, 5) is 7.65. The number of benzene rings is 2. The Kier molecular flexibility index (Phi) is 5.92. The van der Waals surface area contributed by atoms with Crippen molar-refractivity contribution in [2.45, 2.75) is 39.4 Å². The lowest BCUT2D eigenvalue weighted by atomic mass is 9.98. The Hall–Kier alpha value is -3.18. The molecule has 3 rings (SSSR count). The summed E-state index contributed by atoms with van der Waals surface area (Å²) in [7, 11) is 1.73. The fraction of sp³-hybridized carbons (Fsp3) is 0.292. The number of rotatable bonds is 3. The summed E-state index contributed by atoms with van der Waals surface area (Å²) in [6, 6.07) is 11.0. The zero-order valence-corrected chi connectivity index (χ0v) is 19.3. The highest BCUT2D eigenvalue weighted by atomic mass is 32.1. The van der Waals surface area contributed by atoms with Gasteiger partial charge in [-0.3, -0.25) is 9.89 Å². The van der Waals surface area contributed by atoms with Crippen LogP contribution in [-0.2, 0) is 6.18 Å². The molecule has 4 nitrogen and oxygen atoms in total. The third kappa shape index (κ3) is 3.78. The van der Waals surface area contributed by atoms with Crippen LogP contribution >= 0.6 is 12.2 Å². The molecule has 32 heavy (non-hydrogen) atoms. The molecular weight excluding hydrogens is 433 g/mol. The van der Waals surface area contributed by atoms with Crippen LogP contribution in [-0.4, -0.2) is 23.4 Å². The van der Waals surface area contributed by atoms with Crippen molar-refractivity contribution >= 4 is 34.4 Å². The Morgan fingerprint density at radius 3 is 2.31 bits per heavy atom. The molecule has 0 aromatic heterocycles. The van der Waals surface area contributed by atoms with Gasteiger partial charge in [0.15, 0.2) is 5.11 Å². The first kappa shape index (κ1) is 23.5. The number of hydrogen-bond acceptors (Lipinski definition) is 3. The summed E-state index contributed by atoms with van der Waals surface area (Å²) < 4.78 is 40.6. The van der Waals surface area contributed by atoms with Crippen LogP contribution in [0.25, 0.3) is 0 Å². The number of anilines is 2. The zero-order chi connectivity index (χ0) is 24.0. The maximum atomic E-state index is 13.5. The molecule has 0 N–H and O–H groups in total. The van der Waals surface area contributed by atoms with Gasteiger partial charge in [-0.15, -0.1) is 0 Å². The van der Waals surface area contributed by atoms with Gasteiger partial charge in [-0.1, -0.05) is 12.6 Å². The minimum absolute atomic E-state index is 0.212. The van der Waals surface area contributed by atoms with E-state index in [0.29, 0.717) is 10.8 Å². The highest BCUT2D eigenvalue weighted by molar-refractivity contribution is 7.80. The Balaban J connectivity index is 2.11. The highest BCUT2D eigenvalue weighted by Gasteiger charge is 2.46. The van der Waals surface area contributed by atoms with Crippen LogP contribution in [0.3, 0.4) is 0 Å². The van der Waals surface area contributed by atoms with Crippen molar-refractivity contribution in [2.24, 2.45) is 4.99 Å². The van der Waals surface area contributed by atoms with Crippen LogP contribution in [0.4, 0.5) is 24.5 Å². The summed E-state index contributed by atoms with van der Waals surface area (Å²) in [5.41, 5.74) is 2.34. The summed E-state index contributed by atoms with van der Waals surface area (Å²) >= 11 is 5.72. The molecule has 1 aliphatic rings. The van der Waals surface area contributed by atoms with Crippen LogP contribution in [0.5, 0.6) is 0 Å². The summed E-state index contributed by atoms with van der Waals surface area (Å²) in [6.45, 7) is 11.9. The molecule has 0 amide bonds. The van der Waals surface area contributed by atoms with E-state index in [1.54, 1.807) is 13.1 Å². The average Bonchev–Trinajstić information content (AvgIpc) is 2.90. The van der Waals surface area contributed by atoms with Crippen molar-refractivity contribution in [1.29, 1.82) is 5.26 Å². The van der Waals surface area contributed by atoms with Crippen LogP contribution in [0.15, 0.2) is 53.7 Å². The van der Waals surface area contributed by atoms with Gasteiger partial charge in [0.1, 0.15) is 0 Å². The fourth-order valence-electron chi connectivity index (χ4n) is 3.87. The van der Waals surface area contributed by atoms with Crippen molar-refractivity contribution in [3.8, 4) is 6.07 Å². The molecule has 2 aromatic carbocycles. The molecule has 0 atom stereocenters. The second kappa shape index (κ2) is 8.06. The van der Waals surface area contributed by atoms with Crippen LogP contribution < -0.4 is 9.80 Å². The quantitative estimate of drug-likeness (QED) is 0.406. The van der Waals surface area contributed by atoms with E-state index in [2.05, 4.69) is 11.6 Å². The first-order valence-electron chi connectivity index (χ1n) is 9.84. The van der Waals surface area contributed by atoms with Crippen molar-refractivity contribution in [3.05, 3.63) is 70.9 Å². The molecule has 0 bridgehead atoms. The van der Waals surface area contributed by atoms with Gasteiger partial charge in [0.2, 0.25) is 0 Å². The lowest BCUT2D eigenvalue weighted by Gasteiger charge is -2.32. The van der Waals surface area contributed by atoms with E-state index in [-0.39, 0.29) is 5.69 Å². The van der Waals surface area contributed by atoms with Crippen LogP contribution in [0.1, 0.15) is 43.0 Å². The monoisotopic (exact) mass is 456 g/mol. The molecule has 0 saturated carbocycles. The van der Waals surface area contributed by atoms with Crippen molar-refractivity contribution in [1.82, 2.24) is 0 Å². The Morgan fingerprint density at radius 2 is 1.78 bits per heavy atom. The Labute approximate surface area is 191 Å². The topological polar surface area (TPSA) is 42.6 Å². The van der Waals surface area contributed by atoms with E-state index in [0.717, 1.165) is 34.7 Å². The highest BCUT2D eigenvalue weighted by Crippen LogP contribution is 2.43. The fourth-order valence-corrected chi connectivity index (χ4v) is 4.42. The second-order valence-corrected chi connectivity index (χ2v) is 8.47. The number of aryl methyl sites for hydroxylation is 1. The van der Waals surface area contributed by atoms with Gasteiger partial charge in [0, 0.05) is 29.8 Å². The lowest BCUT2D eigenvalue weighted by molar-refractivity contribution is -0.137. The van der Waals surface area contributed by atoms with Gasteiger partial charge in [0.05, 0.1) is 22.7 Å². The largest absolute Gasteiger partial charge is 0.417 e. The molecule has 8 heteroatoms. The van der Waals surface area contributed by atoms with E-state index >= 15 is 0 Å². The zero-order valence-electron chi connectivity index (χ0n) is 18.5. The number of nitriles is 1. The van der Waals surface area contributed by atoms with Gasteiger partial charge in [-0.05, 0) is 81.4 Å². The number of hydrogen-bond donors (Lipinski definition) is 0.